The van der Waals surface area contributed by atoms with Gasteiger partial charge in [-0.05, 0) is 30.9 Å². The van der Waals surface area contributed by atoms with E-state index in [-0.39, 0.29) is 17.6 Å². The number of anilines is 1. The zero-order valence-electron chi connectivity index (χ0n) is 13.1. The summed E-state index contributed by atoms with van der Waals surface area (Å²) >= 11 is 0. The molecule has 22 heavy (non-hydrogen) atoms. The van der Waals surface area contributed by atoms with Gasteiger partial charge in [0.15, 0.2) is 0 Å². The van der Waals surface area contributed by atoms with E-state index >= 15 is 0 Å². The van der Waals surface area contributed by atoms with E-state index in [4.69, 9.17) is 5.73 Å². The number of hydrogen-bond acceptors (Lipinski definition) is 4. The number of nitrogens with two attached hydrogens (primary N) is 1. The number of carbonyl (C=O) groups is 2. The summed E-state index contributed by atoms with van der Waals surface area (Å²) in [5.74, 6) is 0.662. The standard InChI is InChI=1S/C16H23N4O2/c1-11(2)10-15(21)20-8-6-12(7-9-20)18-14-5-3-4-13(19-14)16(17)22/h3,5,11-12H,6-10H2,1-2H3,(H2,17,22)(H,18,19). The summed E-state index contributed by atoms with van der Waals surface area (Å²) in [7, 11) is 0. The van der Waals surface area contributed by atoms with E-state index in [2.05, 4.69) is 30.2 Å². The molecule has 0 saturated carbocycles. The van der Waals surface area contributed by atoms with E-state index < -0.39 is 5.91 Å². The lowest BCUT2D eigenvalue weighted by atomic mass is 10.0. The highest BCUT2D eigenvalue weighted by Crippen LogP contribution is 2.17. The van der Waals surface area contributed by atoms with Gasteiger partial charge in [0.05, 0.1) is 0 Å². The lowest BCUT2D eigenvalue weighted by molar-refractivity contribution is -0.132. The zero-order valence-corrected chi connectivity index (χ0v) is 13.1. The van der Waals surface area contributed by atoms with Gasteiger partial charge in [0.25, 0.3) is 5.91 Å². The Hall–Kier alpha value is -2.11. The Morgan fingerprint density at radius 1 is 1.45 bits per heavy atom. The third-order valence-corrected chi connectivity index (χ3v) is 3.71. The van der Waals surface area contributed by atoms with Crippen molar-refractivity contribution in [3.05, 3.63) is 23.9 Å². The highest BCUT2D eigenvalue weighted by atomic mass is 16.2. The van der Waals surface area contributed by atoms with Crippen LogP contribution in [0.15, 0.2) is 12.1 Å². The first-order chi connectivity index (χ1) is 10.5. The smallest absolute Gasteiger partial charge is 0.268 e. The number of amides is 2. The Bertz CT molecular complexity index is 537. The van der Waals surface area contributed by atoms with Crippen LogP contribution in [0.2, 0.25) is 0 Å². The van der Waals surface area contributed by atoms with Gasteiger partial charge in [-0.25, -0.2) is 4.98 Å². The number of hydrogen-bond donors (Lipinski definition) is 2. The molecule has 2 heterocycles. The largest absolute Gasteiger partial charge is 0.367 e. The predicted octanol–water partition coefficient (Wildman–Crippen LogP) is 1.43. The summed E-state index contributed by atoms with van der Waals surface area (Å²) < 4.78 is 0. The van der Waals surface area contributed by atoms with Crippen LogP contribution in [0.4, 0.5) is 5.82 Å². The summed E-state index contributed by atoms with van der Waals surface area (Å²) in [6.07, 6.45) is 2.35. The summed E-state index contributed by atoms with van der Waals surface area (Å²) in [6, 6.07) is 6.36. The number of rotatable bonds is 5. The highest BCUT2D eigenvalue weighted by Gasteiger charge is 2.23. The van der Waals surface area contributed by atoms with Crippen molar-refractivity contribution in [1.29, 1.82) is 0 Å². The number of carbonyl (C=O) groups excluding carboxylic acids is 2. The Labute approximate surface area is 131 Å². The zero-order chi connectivity index (χ0) is 16.1. The molecular formula is C16H23N4O2. The summed E-state index contributed by atoms with van der Waals surface area (Å²) in [5.41, 5.74) is 5.34. The molecule has 1 aliphatic rings. The molecule has 0 aliphatic carbocycles. The number of piperidine rings is 1. The van der Waals surface area contributed by atoms with Gasteiger partial charge < -0.3 is 16.0 Å². The van der Waals surface area contributed by atoms with Crippen molar-refractivity contribution in [2.45, 2.75) is 39.2 Å². The van der Waals surface area contributed by atoms with Crippen molar-refractivity contribution in [3.63, 3.8) is 0 Å². The molecule has 0 spiro atoms. The van der Waals surface area contributed by atoms with Gasteiger partial charge in [0, 0.05) is 31.6 Å². The van der Waals surface area contributed by atoms with Crippen LogP contribution in [0.3, 0.4) is 0 Å². The molecule has 1 aliphatic heterocycles. The maximum atomic E-state index is 12.0. The number of aromatic nitrogens is 1. The fourth-order valence-corrected chi connectivity index (χ4v) is 2.56. The van der Waals surface area contributed by atoms with Crippen molar-refractivity contribution in [1.82, 2.24) is 9.88 Å². The van der Waals surface area contributed by atoms with Crippen LogP contribution in [-0.2, 0) is 4.79 Å². The average Bonchev–Trinajstić information content (AvgIpc) is 2.47. The Balaban J connectivity index is 1.86. The van der Waals surface area contributed by atoms with Gasteiger partial charge in [-0.3, -0.25) is 9.59 Å². The molecule has 1 fully saturated rings. The number of primary amides is 1. The minimum absolute atomic E-state index is 0.134. The number of pyridine rings is 1. The molecule has 0 atom stereocenters. The van der Waals surface area contributed by atoms with E-state index in [1.54, 1.807) is 12.1 Å². The van der Waals surface area contributed by atoms with E-state index in [9.17, 15) is 9.59 Å². The fraction of sp³-hybridized carbons (Fsp3) is 0.562. The second-order valence-electron chi connectivity index (χ2n) is 6.08. The molecule has 6 heteroatoms. The molecule has 119 valence electrons. The number of nitrogens with one attached hydrogen (secondary N) is 1. The summed E-state index contributed by atoms with van der Waals surface area (Å²) in [5, 5.41) is 3.30. The quantitative estimate of drug-likeness (QED) is 0.861. The molecule has 2 rings (SSSR count). The van der Waals surface area contributed by atoms with Crippen molar-refractivity contribution in [3.8, 4) is 0 Å². The van der Waals surface area contributed by atoms with E-state index in [0.29, 0.717) is 18.2 Å². The van der Waals surface area contributed by atoms with Crippen molar-refractivity contribution in [2.75, 3.05) is 18.4 Å². The molecule has 1 radical (unpaired) electrons. The van der Waals surface area contributed by atoms with Gasteiger partial charge >= 0.3 is 0 Å². The topological polar surface area (TPSA) is 88.3 Å². The molecule has 1 aromatic heterocycles. The van der Waals surface area contributed by atoms with Crippen LogP contribution in [-0.4, -0.2) is 40.8 Å². The van der Waals surface area contributed by atoms with Crippen molar-refractivity contribution in [2.24, 2.45) is 11.7 Å². The van der Waals surface area contributed by atoms with Crippen LogP contribution in [0.1, 0.15) is 43.6 Å². The van der Waals surface area contributed by atoms with Gasteiger partial charge in [-0.1, -0.05) is 13.8 Å². The number of nitrogens with zero attached hydrogens (tertiary/aromatic N) is 2. The molecular weight excluding hydrogens is 280 g/mol. The minimum atomic E-state index is -0.585. The Morgan fingerprint density at radius 3 is 2.73 bits per heavy atom. The molecule has 0 unspecified atom stereocenters. The first-order valence-electron chi connectivity index (χ1n) is 7.68. The van der Waals surface area contributed by atoms with Crippen LogP contribution in [0.25, 0.3) is 0 Å². The van der Waals surface area contributed by atoms with Crippen LogP contribution in [0.5, 0.6) is 0 Å². The second kappa shape index (κ2) is 7.24. The molecule has 0 bridgehead atoms. The van der Waals surface area contributed by atoms with E-state index in [1.165, 1.54) is 0 Å². The Morgan fingerprint density at radius 2 is 2.14 bits per heavy atom. The van der Waals surface area contributed by atoms with Gasteiger partial charge in [-0.2, -0.15) is 0 Å². The highest BCUT2D eigenvalue weighted by molar-refractivity contribution is 5.90. The minimum Gasteiger partial charge on any atom is -0.367 e. The Kier molecular flexibility index (Phi) is 5.35. The van der Waals surface area contributed by atoms with Gasteiger partial charge in [-0.15, -0.1) is 0 Å². The molecule has 2 amide bonds. The maximum absolute atomic E-state index is 12.0. The SMILES string of the molecule is CC(C)CC(=O)N1CCC(Nc2cc[c]c(C(N)=O)n2)CC1. The first-order valence-corrected chi connectivity index (χ1v) is 7.68. The third-order valence-electron chi connectivity index (χ3n) is 3.71. The van der Waals surface area contributed by atoms with Crippen molar-refractivity contribution >= 4 is 17.6 Å². The fourth-order valence-electron chi connectivity index (χ4n) is 2.56. The second-order valence-corrected chi connectivity index (χ2v) is 6.08. The molecule has 1 aromatic rings. The first kappa shape index (κ1) is 16.3. The van der Waals surface area contributed by atoms with Gasteiger partial charge in [0.2, 0.25) is 5.91 Å². The normalized spacial score (nSPS) is 15.9. The average molecular weight is 303 g/mol. The van der Waals surface area contributed by atoms with Gasteiger partial charge in [0.1, 0.15) is 11.5 Å². The predicted molar refractivity (Wildman–Crippen MR) is 84.3 cm³/mol. The molecule has 6 nitrogen and oxygen atoms in total. The van der Waals surface area contributed by atoms with Crippen LogP contribution < -0.4 is 11.1 Å². The third kappa shape index (κ3) is 4.44. The molecule has 0 aromatic carbocycles. The maximum Gasteiger partial charge on any atom is 0.268 e. The van der Waals surface area contributed by atoms with Crippen molar-refractivity contribution < 1.29 is 9.59 Å². The summed E-state index contributed by atoms with van der Waals surface area (Å²) in [4.78, 5) is 29.2. The summed E-state index contributed by atoms with van der Waals surface area (Å²) in [6.45, 7) is 5.62. The lowest BCUT2D eigenvalue weighted by Gasteiger charge is -2.33. The van der Waals surface area contributed by atoms with Crippen LogP contribution >= 0.6 is 0 Å². The lowest BCUT2D eigenvalue weighted by Crippen LogP contribution is -2.42. The van der Waals surface area contributed by atoms with E-state index in [1.807, 2.05) is 4.90 Å². The van der Waals surface area contributed by atoms with Crippen LogP contribution in [0, 0.1) is 12.0 Å². The monoisotopic (exact) mass is 303 g/mol. The van der Waals surface area contributed by atoms with E-state index in [0.717, 1.165) is 25.9 Å². The number of likely N-dealkylation sites (tertiary alicyclic amines) is 1. The molecule has 3 N–H and O–H groups in total. The molecule has 1 saturated heterocycles.